The number of aryl methyl sites for hydroxylation is 1. The lowest BCUT2D eigenvalue weighted by molar-refractivity contribution is -0.141. The van der Waals surface area contributed by atoms with E-state index in [0.717, 1.165) is 18.2 Å². The zero-order valence-corrected chi connectivity index (χ0v) is 17.9. The predicted octanol–water partition coefficient (Wildman–Crippen LogP) is 3.07. The second kappa shape index (κ2) is 9.17. The van der Waals surface area contributed by atoms with Crippen LogP contribution in [0.15, 0.2) is 24.3 Å². The molecule has 4 rings (SSSR count). The Morgan fingerprint density at radius 1 is 1.27 bits per heavy atom. The number of hydrogen-bond donors (Lipinski definition) is 2. The van der Waals surface area contributed by atoms with E-state index in [9.17, 15) is 18.0 Å². The molecular formula is C20H22F3N7O3. The van der Waals surface area contributed by atoms with Crippen LogP contribution in [0.2, 0.25) is 0 Å². The van der Waals surface area contributed by atoms with E-state index in [1.54, 1.807) is 26.3 Å². The number of ether oxygens (including phenoxy) is 2. The first kappa shape index (κ1) is 22.7. The molecule has 0 bridgehead atoms. The van der Waals surface area contributed by atoms with Crippen molar-refractivity contribution in [1.82, 2.24) is 30.2 Å². The van der Waals surface area contributed by atoms with Crippen molar-refractivity contribution < 1.29 is 27.4 Å². The van der Waals surface area contributed by atoms with E-state index in [1.165, 1.54) is 10.7 Å². The first-order valence-corrected chi connectivity index (χ1v) is 10.2. The number of alkyl halides is 3. The molecule has 1 aliphatic carbocycles. The van der Waals surface area contributed by atoms with Crippen LogP contribution in [-0.2, 0) is 24.6 Å². The van der Waals surface area contributed by atoms with Crippen molar-refractivity contribution in [3.63, 3.8) is 0 Å². The number of carbonyl (C=O) groups excluding carboxylic acids is 1. The molecule has 0 aliphatic heterocycles. The largest absolute Gasteiger partial charge is 0.473 e. The van der Waals surface area contributed by atoms with Crippen molar-refractivity contribution in [2.24, 2.45) is 7.05 Å². The first-order valence-electron chi connectivity index (χ1n) is 10.2. The molecule has 0 spiro atoms. The molecule has 3 aromatic heterocycles. The van der Waals surface area contributed by atoms with Gasteiger partial charge in [-0.2, -0.15) is 23.4 Å². The maximum Gasteiger partial charge on any atom is 0.435 e. The van der Waals surface area contributed by atoms with Crippen LogP contribution in [0.4, 0.5) is 19.0 Å². The Morgan fingerprint density at radius 3 is 2.79 bits per heavy atom. The fraction of sp³-hybridized carbons (Fsp3) is 0.450. The highest BCUT2D eigenvalue weighted by Gasteiger charge is 2.33. The molecular weight excluding hydrogens is 443 g/mol. The number of nitrogens with zero attached hydrogens (tertiary/aromatic N) is 5. The molecule has 1 saturated carbocycles. The summed E-state index contributed by atoms with van der Waals surface area (Å²) in [6, 6.07) is 5.42. The lowest BCUT2D eigenvalue weighted by Gasteiger charge is -2.13. The molecule has 1 amide bonds. The maximum absolute atomic E-state index is 12.6. The molecule has 0 radical (unpaired) electrons. The summed E-state index contributed by atoms with van der Waals surface area (Å²) in [7, 11) is 3.22. The zero-order chi connectivity index (χ0) is 23.6. The van der Waals surface area contributed by atoms with Crippen molar-refractivity contribution in [1.29, 1.82) is 0 Å². The van der Waals surface area contributed by atoms with E-state index in [-0.39, 0.29) is 23.8 Å². The Morgan fingerprint density at radius 2 is 2.09 bits per heavy atom. The Bertz CT molecular complexity index is 1110. The number of halogens is 3. The van der Waals surface area contributed by atoms with Crippen molar-refractivity contribution in [3.05, 3.63) is 47.0 Å². The molecule has 1 aliphatic rings. The molecule has 2 N–H and O–H groups in total. The molecule has 33 heavy (non-hydrogen) atoms. The van der Waals surface area contributed by atoms with Crippen molar-refractivity contribution in [3.8, 4) is 5.88 Å². The smallest absolute Gasteiger partial charge is 0.435 e. The van der Waals surface area contributed by atoms with Crippen molar-refractivity contribution in [2.75, 3.05) is 12.4 Å². The molecule has 0 saturated heterocycles. The summed E-state index contributed by atoms with van der Waals surface area (Å²) < 4.78 is 50.0. The second-order valence-electron chi connectivity index (χ2n) is 7.74. The van der Waals surface area contributed by atoms with E-state index in [0.29, 0.717) is 36.7 Å². The molecule has 0 unspecified atom stereocenters. The Balaban J connectivity index is 1.33. The molecule has 0 aromatic carbocycles. The number of anilines is 1. The number of nitrogens with one attached hydrogen (secondary N) is 2. The number of aromatic nitrogens is 6. The summed E-state index contributed by atoms with van der Waals surface area (Å²) in [6.45, 7) is 0.302. The van der Waals surface area contributed by atoms with Gasteiger partial charge < -0.3 is 14.8 Å². The summed E-state index contributed by atoms with van der Waals surface area (Å²) in [4.78, 5) is 12.6. The van der Waals surface area contributed by atoms with Gasteiger partial charge in [-0.3, -0.25) is 14.6 Å². The molecule has 13 heteroatoms. The number of aromatic amines is 1. The van der Waals surface area contributed by atoms with Crippen LogP contribution >= 0.6 is 0 Å². The van der Waals surface area contributed by atoms with Crippen LogP contribution in [0, 0.1) is 0 Å². The van der Waals surface area contributed by atoms with E-state index in [4.69, 9.17) is 9.47 Å². The van der Waals surface area contributed by atoms with Gasteiger partial charge in [0, 0.05) is 37.9 Å². The molecule has 1 fully saturated rings. The van der Waals surface area contributed by atoms with E-state index < -0.39 is 11.9 Å². The monoisotopic (exact) mass is 465 g/mol. The van der Waals surface area contributed by atoms with Gasteiger partial charge in [0.05, 0.1) is 12.3 Å². The third kappa shape index (κ3) is 5.30. The van der Waals surface area contributed by atoms with Gasteiger partial charge in [-0.25, -0.2) is 0 Å². The van der Waals surface area contributed by atoms with Gasteiger partial charge in [0.2, 0.25) is 5.88 Å². The highest BCUT2D eigenvalue weighted by molar-refractivity contribution is 6.02. The van der Waals surface area contributed by atoms with Gasteiger partial charge in [-0.15, -0.1) is 10.2 Å². The van der Waals surface area contributed by atoms with Gasteiger partial charge in [0.25, 0.3) is 5.91 Å². The maximum atomic E-state index is 12.6. The summed E-state index contributed by atoms with van der Waals surface area (Å²) in [5.74, 6) is 0.178. The second-order valence-corrected chi connectivity index (χ2v) is 7.74. The highest BCUT2D eigenvalue weighted by atomic mass is 19.4. The van der Waals surface area contributed by atoms with Crippen molar-refractivity contribution in [2.45, 2.75) is 44.1 Å². The number of carbonyl (C=O) groups is 1. The lowest BCUT2D eigenvalue weighted by atomic mass is 10.0. The van der Waals surface area contributed by atoms with Crippen LogP contribution in [0.25, 0.3) is 0 Å². The van der Waals surface area contributed by atoms with Crippen LogP contribution in [-0.4, -0.2) is 49.3 Å². The Kier molecular flexibility index (Phi) is 6.31. The number of amides is 1. The fourth-order valence-corrected chi connectivity index (χ4v) is 3.78. The van der Waals surface area contributed by atoms with Crippen LogP contribution in [0.1, 0.15) is 52.8 Å². The van der Waals surface area contributed by atoms with Gasteiger partial charge in [0.15, 0.2) is 11.5 Å². The molecule has 3 heterocycles. The molecule has 3 aromatic rings. The first-order chi connectivity index (χ1) is 15.7. The summed E-state index contributed by atoms with van der Waals surface area (Å²) in [6.07, 6.45) is -2.64. The number of methoxy groups -OCH3 is 1. The minimum absolute atomic E-state index is 0.0511. The number of hydrogen-bond acceptors (Lipinski definition) is 7. The lowest BCUT2D eigenvalue weighted by Crippen LogP contribution is -2.16. The van der Waals surface area contributed by atoms with Crippen LogP contribution < -0.4 is 10.1 Å². The zero-order valence-electron chi connectivity index (χ0n) is 17.9. The quantitative estimate of drug-likeness (QED) is 0.550. The van der Waals surface area contributed by atoms with Gasteiger partial charge in [-0.05, 0) is 31.4 Å². The molecule has 2 atom stereocenters. The average Bonchev–Trinajstić information content (AvgIpc) is 3.48. The topological polar surface area (TPSA) is 120 Å². The number of rotatable bonds is 7. The number of H-pyrrole nitrogens is 1. The fourth-order valence-electron chi connectivity index (χ4n) is 3.78. The minimum Gasteiger partial charge on any atom is -0.473 e. The summed E-state index contributed by atoms with van der Waals surface area (Å²) >= 11 is 0. The highest BCUT2D eigenvalue weighted by Crippen LogP contribution is 2.36. The summed E-state index contributed by atoms with van der Waals surface area (Å²) in [5.41, 5.74) is 0.786. The van der Waals surface area contributed by atoms with Crippen molar-refractivity contribution >= 4 is 11.7 Å². The van der Waals surface area contributed by atoms with E-state index in [2.05, 4.69) is 30.8 Å². The minimum atomic E-state index is -4.54. The van der Waals surface area contributed by atoms with E-state index in [1.807, 2.05) is 0 Å². The Labute approximate surface area is 186 Å². The Hall–Kier alpha value is -3.48. The van der Waals surface area contributed by atoms with Gasteiger partial charge in [-0.1, -0.05) is 0 Å². The SMILES string of the molecule is COCc1cc(C(=O)Nc2cc([C@@H]3CC[C@H](Oc4ccc(C(F)(F)F)nn4)C3)[nH]n2)n(C)n1. The predicted molar refractivity (Wildman–Crippen MR) is 109 cm³/mol. The average molecular weight is 465 g/mol. The third-order valence-electron chi connectivity index (χ3n) is 5.34. The third-order valence-corrected chi connectivity index (χ3v) is 5.34. The van der Waals surface area contributed by atoms with Crippen LogP contribution in [0.5, 0.6) is 5.88 Å². The van der Waals surface area contributed by atoms with Gasteiger partial charge in [0.1, 0.15) is 11.8 Å². The molecule has 176 valence electrons. The van der Waals surface area contributed by atoms with Crippen LogP contribution in [0.3, 0.4) is 0 Å². The van der Waals surface area contributed by atoms with E-state index >= 15 is 0 Å². The van der Waals surface area contributed by atoms with Gasteiger partial charge >= 0.3 is 6.18 Å². The normalized spacial score (nSPS) is 18.5. The standard InChI is InChI=1S/C20H22F3N7O3/c1-30-15(8-12(29-30)10-32-2)19(31)24-17-9-14(25-27-17)11-3-4-13(7-11)33-18-6-5-16(26-28-18)20(21,22)23/h5-6,8-9,11,13H,3-4,7,10H2,1-2H3,(H2,24,25,27,31)/t11-,13+/m1/s1. The summed E-state index contributed by atoms with van der Waals surface area (Å²) in [5, 5.41) is 20.7. The molecule has 10 nitrogen and oxygen atoms in total.